The van der Waals surface area contributed by atoms with Crippen LogP contribution in [0.15, 0.2) is 28.7 Å². The summed E-state index contributed by atoms with van der Waals surface area (Å²) >= 11 is 3.61. The van der Waals surface area contributed by atoms with E-state index in [0.717, 1.165) is 30.2 Å². The molecule has 19 heavy (non-hydrogen) atoms. The third-order valence-electron chi connectivity index (χ3n) is 4.28. The summed E-state index contributed by atoms with van der Waals surface area (Å²) in [5.74, 6) is 0. The van der Waals surface area contributed by atoms with Crippen molar-refractivity contribution >= 4 is 21.6 Å². The molecule has 0 spiro atoms. The highest BCUT2D eigenvalue weighted by Gasteiger charge is 2.35. The predicted molar refractivity (Wildman–Crippen MR) is 82.2 cm³/mol. The van der Waals surface area contributed by atoms with Crippen molar-refractivity contribution in [3.05, 3.63) is 28.7 Å². The van der Waals surface area contributed by atoms with Gasteiger partial charge in [0.05, 0.1) is 11.8 Å². The van der Waals surface area contributed by atoms with Crippen LogP contribution in [0.4, 0.5) is 5.69 Å². The summed E-state index contributed by atoms with van der Waals surface area (Å²) in [6, 6.07) is 11.2. The summed E-state index contributed by atoms with van der Waals surface area (Å²) in [4.78, 5) is 2.33. The summed E-state index contributed by atoms with van der Waals surface area (Å²) in [6.45, 7) is 0. The summed E-state index contributed by atoms with van der Waals surface area (Å²) in [5.41, 5.74) is 0.909. The maximum Gasteiger partial charge on any atom is 0.106 e. The first kappa shape index (κ1) is 14.4. The second-order valence-corrected chi connectivity index (χ2v) is 6.09. The normalized spacial score (nSPS) is 26.7. The van der Waals surface area contributed by atoms with Gasteiger partial charge in [0.15, 0.2) is 0 Å². The van der Waals surface area contributed by atoms with Crippen molar-refractivity contribution in [2.24, 2.45) is 0 Å². The van der Waals surface area contributed by atoms with E-state index in [-0.39, 0.29) is 5.54 Å². The van der Waals surface area contributed by atoms with Gasteiger partial charge >= 0.3 is 0 Å². The highest BCUT2D eigenvalue weighted by Crippen LogP contribution is 2.34. The molecule has 0 bridgehead atoms. The van der Waals surface area contributed by atoms with Gasteiger partial charge in [-0.15, -0.1) is 0 Å². The molecule has 1 saturated carbocycles. The molecule has 1 aliphatic rings. The molecule has 1 aromatic rings. The Bertz CT molecular complexity index is 473. The number of nitrogens with zero attached hydrogens (tertiary/aromatic N) is 2. The zero-order chi connectivity index (χ0) is 13.9. The number of para-hydroxylation sites is 1. The average Bonchev–Trinajstić information content (AvgIpc) is 2.47. The van der Waals surface area contributed by atoms with Gasteiger partial charge in [0.1, 0.15) is 5.54 Å². The Morgan fingerprint density at radius 2 is 2.00 bits per heavy atom. The minimum Gasteiger partial charge on any atom is -0.371 e. The number of anilines is 1. The zero-order valence-electron chi connectivity index (χ0n) is 11.5. The molecular weight excluding hydrogens is 302 g/mol. The smallest absolute Gasteiger partial charge is 0.106 e. The van der Waals surface area contributed by atoms with Crippen molar-refractivity contribution in [1.29, 1.82) is 5.26 Å². The van der Waals surface area contributed by atoms with Crippen LogP contribution in [-0.2, 0) is 0 Å². The van der Waals surface area contributed by atoms with E-state index in [4.69, 9.17) is 0 Å². The lowest BCUT2D eigenvalue weighted by molar-refractivity contribution is 0.287. The molecule has 0 aromatic heterocycles. The van der Waals surface area contributed by atoms with E-state index in [0.29, 0.717) is 6.04 Å². The van der Waals surface area contributed by atoms with Gasteiger partial charge in [-0.2, -0.15) is 5.26 Å². The summed E-state index contributed by atoms with van der Waals surface area (Å²) in [6.07, 6.45) is 3.93. The van der Waals surface area contributed by atoms with E-state index in [9.17, 15) is 5.26 Å². The molecule has 0 saturated heterocycles. The minimum absolute atomic E-state index is 0.314. The van der Waals surface area contributed by atoms with Gasteiger partial charge in [-0.25, -0.2) is 0 Å². The van der Waals surface area contributed by atoms with Crippen molar-refractivity contribution in [3.63, 3.8) is 0 Å². The minimum atomic E-state index is -0.314. The Balaban J connectivity index is 2.06. The fraction of sp³-hybridized carbons (Fsp3) is 0.533. The molecule has 0 atom stereocenters. The average molecular weight is 322 g/mol. The Morgan fingerprint density at radius 3 is 2.53 bits per heavy atom. The van der Waals surface area contributed by atoms with E-state index in [2.05, 4.69) is 57.5 Å². The summed E-state index contributed by atoms with van der Waals surface area (Å²) in [7, 11) is 4.03. The predicted octanol–water partition coefficient (Wildman–Crippen LogP) is 3.31. The fourth-order valence-electron chi connectivity index (χ4n) is 2.83. The second-order valence-electron chi connectivity index (χ2n) is 5.24. The van der Waals surface area contributed by atoms with Crippen LogP contribution in [0.25, 0.3) is 0 Å². The molecule has 0 unspecified atom stereocenters. The van der Waals surface area contributed by atoms with Gasteiger partial charge in [-0.3, -0.25) is 0 Å². The van der Waals surface area contributed by atoms with Crippen molar-refractivity contribution in [1.82, 2.24) is 5.32 Å². The molecule has 0 amide bonds. The van der Waals surface area contributed by atoms with Gasteiger partial charge < -0.3 is 10.2 Å². The molecular formula is C15H20BrN3. The Kier molecular flexibility index (Phi) is 4.49. The molecule has 1 N–H and O–H groups in total. The van der Waals surface area contributed by atoms with Crippen LogP contribution in [0.2, 0.25) is 0 Å². The first-order valence-electron chi connectivity index (χ1n) is 6.69. The van der Waals surface area contributed by atoms with Gasteiger partial charge in [0, 0.05) is 17.6 Å². The van der Waals surface area contributed by atoms with Crippen LogP contribution in [0.1, 0.15) is 25.7 Å². The van der Waals surface area contributed by atoms with Crippen LogP contribution in [-0.4, -0.2) is 25.7 Å². The van der Waals surface area contributed by atoms with Gasteiger partial charge in [0.25, 0.3) is 0 Å². The molecule has 1 aromatic carbocycles. The highest BCUT2D eigenvalue weighted by molar-refractivity contribution is 9.10. The quantitative estimate of drug-likeness (QED) is 0.928. The number of halogens is 1. The highest BCUT2D eigenvalue weighted by atomic mass is 79.9. The first-order chi connectivity index (χ1) is 9.12. The number of hydrogen-bond acceptors (Lipinski definition) is 3. The maximum absolute atomic E-state index is 9.29. The van der Waals surface area contributed by atoms with Crippen LogP contribution in [0.5, 0.6) is 0 Å². The molecule has 3 nitrogen and oxygen atoms in total. The number of hydrogen-bond donors (Lipinski definition) is 1. The van der Waals surface area contributed by atoms with E-state index in [1.165, 1.54) is 5.69 Å². The van der Waals surface area contributed by atoms with E-state index >= 15 is 0 Å². The number of rotatable bonds is 3. The third kappa shape index (κ3) is 2.93. The number of benzene rings is 1. The monoisotopic (exact) mass is 321 g/mol. The lowest BCUT2D eigenvalue weighted by Crippen LogP contribution is -2.48. The largest absolute Gasteiger partial charge is 0.371 e. The first-order valence-corrected chi connectivity index (χ1v) is 7.49. The fourth-order valence-corrected chi connectivity index (χ4v) is 3.40. The Morgan fingerprint density at radius 1 is 1.37 bits per heavy atom. The standard InChI is InChI=1S/C15H20BrN3/c1-18-15(11-17)9-7-12(8-10-15)19(2)14-6-4-3-5-13(14)16/h3-6,12,18H,7-10H2,1-2H3. The zero-order valence-corrected chi connectivity index (χ0v) is 13.1. The third-order valence-corrected chi connectivity index (χ3v) is 4.95. The number of nitrogens with one attached hydrogen (secondary N) is 1. The van der Waals surface area contributed by atoms with Crippen LogP contribution in [0.3, 0.4) is 0 Å². The molecule has 0 radical (unpaired) electrons. The topological polar surface area (TPSA) is 39.1 Å². The lowest BCUT2D eigenvalue weighted by atomic mass is 9.80. The molecule has 102 valence electrons. The van der Waals surface area contributed by atoms with Gasteiger partial charge in [0.2, 0.25) is 0 Å². The van der Waals surface area contributed by atoms with Crippen molar-refractivity contribution in [2.45, 2.75) is 37.3 Å². The maximum atomic E-state index is 9.29. The lowest BCUT2D eigenvalue weighted by Gasteiger charge is -2.39. The molecule has 2 rings (SSSR count). The van der Waals surface area contributed by atoms with Crippen molar-refractivity contribution in [2.75, 3.05) is 19.0 Å². The van der Waals surface area contributed by atoms with Crippen LogP contribution in [0, 0.1) is 11.3 Å². The van der Waals surface area contributed by atoms with Gasteiger partial charge in [-0.05, 0) is 60.8 Å². The van der Waals surface area contributed by atoms with Crippen LogP contribution >= 0.6 is 15.9 Å². The molecule has 4 heteroatoms. The second kappa shape index (κ2) is 5.94. The van der Waals surface area contributed by atoms with E-state index < -0.39 is 0 Å². The van der Waals surface area contributed by atoms with Crippen LogP contribution < -0.4 is 10.2 Å². The molecule has 0 aliphatic heterocycles. The van der Waals surface area contributed by atoms with Gasteiger partial charge in [-0.1, -0.05) is 12.1 Å². The molecule has 1 fully saturated rings. The Labute approximate surface area is 123 Å². The van der Waals surface area contributed by atoms with E-state index in [1.54, 1.807) is 0 Å². The molecule has 1 aliphatic carbocycles. The SMILES string of the molecule is CNC1(C#N)CCC(N(C)c2ccccc2Br)CC1. The van der Waals surface area contributed by atoms with Crippen molar-refractivity contribution < 1.29 is 0 Å². The number of nitriles is 1. The Hall–Kier alpha value is -1.05. The van der Waals surface area contributed by atoms with Crippen molar-refractivity contribution in [3.8, 4) is 6.07 Å². The summed E-state index contributed by atoms with van der Waals surface area (Å²) in [5, 5.41) is 12.5. The molecule has 0 heterocycles. The summed E-state index contributed by atoms with van der Waals surface area (Å²) < 4.78 is 1.13. The van der Waals surface area contributed by atoms with E-state index in [1.807, 2.05) is 13.1 Å².